The van der Waals surface area contributed by atoms with E-state index in [2.05, 4.69) is 15.7 Å². The first kappa shape index (κ1) is 22.1. The Morgan fingerprint density at radius 2 is 1.78 bits per heavy atom. The summed E-state index contributed by atoms with van der Waals surface area (Å²) in [6.45, 7) is -0.576. The number of nitro groups is 1. The second-order valence-corrected chi connectivity index (χ2v) is 6.37. The minimum absolute atomic E-state index is 0.0375. The van der Waals surface area contributed by atoms with Gasteiger partial charge in [0.1, 0.15) is 18.0 Å². The molecule has 164 valence electrons. The number of aromatic nitrogens is 2. The van der Waals surface area contributed by atoms with Gasteiger partial charge in [0.05, 0.1) is 12.0 Å². The predicted molar refractivity (Wildman–Crippen MR) is 111 cm³/mol. The van der Waals surface area contributed by atoms with Crippen molar-refractivity contribution in [3.8, 4) is 5.75 Å². The Balaban J connectivity index is 1.71. The molecule has 0 aliphatic carbocycles. The number of amides is 2. The summed E-state index contributed by atoms with van der Waals surface area (Å²) in [7, 11) is 1.51. The smallest absolute Gasteiger partial charge is 0.306 e. The van der Waals surface area contributed by atoms with Crippen molar-refractivity contribution >= 4 is 28.9 Å². The molecular formula is C20H16FN5O6. The van der Waals surface area contributed by atoms with Crippen LogP contribution in [-0.2, 0) is 11.3 Å². The van der Waals surface area contributed by atoms with Gasteiger partial charge in [-0.25, -0.2) is 4.68 Å². The fourth-order valence-corrected chi connectivity index (χ4v) is 2.62. The number of nitro benzene ring substituents is 1. The number of rotatable bonds is 7. The van der Waals surface area contributed by atoms with Crippen molar-refractivity contribution in [1.82, 2.24) is 9.78 Å². The molecule has 1 aromatic heterocycles. The maximum atomic E-state index is 13.4. The van der Waals surface area contributed by atoms with Crippen LogP contribution in [0.2, 0.25) is 0 Å². The predicted octanol–water partition coefficient (Wildman–Crippen LogP) is 2.19. The monoisotopic (exact) mass is 441 g/mol. The van der Waals surface area contributed by atoms with E-state index in [1.165, 1.54) is 13.2 Å². The number of benzene rings is 2. The number of halogens is 1. The molecule has 0 spiro atoms. The maximum absolute atomic E-state index is 13.4. The highest BCUT2D eigenvalue weighted by Crippen LogP contribution is 2.21. The molecule has 32 heavy (non-hydrogen) atoms. The third kappa shape index (κ3) is 5.30. The van der Waals surface area contributed by atoms with E-state index in [0.29, 0.717) is 11.4 Å². The lowest BCUT2D eigenvalue weighted by molar-refractivity contribution is -0.387. The summed E-state index contributed by atoms with van der Waals surface area (Å²) in [6, 6.07) is 11.6. The van der Waals surface area contributed by atoms with Crippen molar-refractivity contribution < 1.29 is 23.6 Å². The molecule has 11 nitrogen and oxygen atoms in total. The highest BCUT2D eigenvalue weighted by atomic mass is 19.1. The van der Waals surface area contributed by atoms with Crippen molar-refractivity contribution in [2.24, 2.45) is 0 Å². The number of hydrogen-bond donors (Lipinski definition) is 2. The first-order valence-corrected chi connectivity index (χ1v) is 9.04. The molecule has 0 aliphatic rings. The summed E-state index contributed by atoms with van der Waals surface area (Å²) in [5.41, 5.74) is -1.15. The number of nitrogens with zero attached hydrogens (tertiary/aromatic N) is 3. The van der Waals surface area contributed by atoms with Crippen LogP contribution in [0.15, 0.2) is 59.4 Å². The Kier molecular flexibility index (Phi) is 6.53. The van der Waals surface area contributed by atoms with E-state index >= 15 is 0 Å². The van der Waals surface area contributed by atoms with Crippen LogP contribution >= 0.6 is 0 Å². The van der Waals surface area contributed by atoms with Crippen molar-refractivity contribution in [2.45, 2.75) is 6.54 Å². The number of nitrogens with one attached hydrogen (secondary N) is 2. The second kappa shape index (κ2) is 9.47. The van der Waals surface area contributed by atoms with Crippen molar-refractivity contribution in [1.29, 1.82) is 0 Å². The lowest BCUT2D eigenvalue weighted by Crippen LogP contribution is -2.31. The minimum Gasteiger partial charge on any atom is -0.497 e. The molecule has 0 atom stereocenters. The van der Waals surface area contributed by atoms with Gasteiger partial charge in [-0.15, -0.1) is 0 Å². The Morgan fingerprint density at radius 3 is 2.44 bits per heavy atom. The average molecular weight is 441 g/mol. The number of carbonyl (C=O) groups excluding carboxylic acids is 2. The van der Waals surface area contributed by atoms with Gasteiger partial charge >= 0.3 is 5.69 Å². The fourth-order valence-electron chi connectivity index (χ4n) is 2.62. The molecule has 0 radical (unpaired) electrons. The topological polar surface area (TPSA) is 145 Å². The van der Waals surface area contributed by atoms with Crippen LogP contribution in [0.3, 0.4) is 0 Å². The summed E-state index contributed by atoms with van der Waals surface area (Å²) >= 11 is 0. The van der Waals surface area contributed by atoms with E-state index in [1.807, 2.05) is 0 Å². The van der Waals surface area contributed by atoms with Gasteiger partial charge in [0.25, 0.3) is 11.5 Å². The standard InChI is InChI=1S/C20H16FN5O6/c1-32-14-5-2-12(3-6-14)23-20(29)16-8-9-19(28)25(24-16)11-18(27)22-13-4-7-15(21)17(10-13)26(30)31/h2-10H,11H2,1H3,(H,22,27)(H,23,29). The molecule has 2 N–H and O–H groups in total. The summed E-state index contributed by atoms with van der Waals surface area (Å²) in [5.74, 6) is -1.82. The largest absolute Gasteiger partial charge is 0.497 e. The average Bonchev–Trinajstić information content (AvgIpc) is 2.76. The van der Waals surface area contributed by atoms with Gasteiger partial charge < -0.3 is 15.4 Å². The Labute approximate surface area is 179 Å². The Morgan fingerprint density at radius 1 is 1.09 bits per heavy atom. The van der Waals surface area contributed by atoms with E-state index < -0.39 is 40.3 Å². The fraction of sp³-hybridized carbons (Fsp3) is 0.100. The Hall–Kier alpha value is -4.61. The number of carbonyl (C=O) groups is 2. The third-order valence-corrected chi connectivity index (χ3v) is 4.17. The van der Waals surface area contributed by atoms with Crippen LogP contribution in [0.1, 0.15) is 10.5 Å². The molecule has 0 bridgehead atoms. The number of hydrogen-bond acceptors (Lipinski definition) is 7. The highest BCUT2D eigenvalue weighted by molar-refractivity contribution is 6.02. The maximum Gasteiger partial charge on any atom is 0.306 e. The summed E-state index contributed by atoms with van der Waals surface area (Å²) in [4.78, 5) is 46.6. The number of methoxy groups -OCH3 is 1. The molecule has 0 aliphatic heterocycles. The van der Waals surface area contributed by atoms with E-state index in [1.54, 1.807) is 24.3 Å². The van der Waals surface area contributed by atoms with Gasteiger partial charge in [0.15, 0.2) is 0 Å². The summed E-state index contributed by atoms with van der Waals surface area (Å²) in [5, 5.41) is 19.6. The van der Waals surface area contributed by atoms with Crippen LogP contribution in [-0.4, -0.2) is 33.6 Å². The molecule has 0 unspecified atom stereocenters. The molecule has 12 heteroatoms. The lowest BCUT2D eigenvalue weighted by atomic mass is 10.2. The lowest BCUT2D eigenvalue weighted by Gasteiger charge is -2.09. The molecule has 0 fully saturated rings. The number of ether oxygens (including phenoxy) is 1. The summed E-state index contributed by atoms with van der Waals surface area (Å²) in [6.07, 6.45) is 0. The molecule has 2 amide bonds. The van der Waals surface area contributed by atoms with E-state index in [4.69, 9.17) is 4.74 Å². The molecule has 3 rings (SSSR count). The van der Waals surface area contributed by atoms with Gasteiger partial charge in [0, 0.05) is 23.5 Å². The zero-order valence-electron chi connectivity index (χ0n) is 16.6. The first-order chi connectivity index (χ1) is 15.3. The van der Waals surface area contributed by atoms with E-state index in [-0.39, 0.29) is 11.4 Å². The third-order valence-electron chi connectivity index (χ3n) is 4.17. The molecule has 0 saturated heterocycles. The zero-order valence-corrected chi connectivity index (χ0v) is 16.6. The van der Waals surface area contributed by atoms with E-state index in [9.17, 15) is 28.9 Å². The molecule has 3 aromatic rings. The van der Waals surface area contributed by atoms with Gasteiger partial charge in [-0.3, -0.25) is 24.5 Å². The van der Waals surface area contributed by atoms with Crippen LogP contribution in [0.25, 0.3) is 0 Å². The normalized spacial score (nSPS) is 10.3. The van der Waals surface area contributed by atoms with Crippen molar-refractivity contribution in [2.75, 3.05) is 17.7 Å². The van der Waals surface area contributed by atoms with Crippen molar-refractivity contribution in [3.63, 3.8) is 0 Å². The second-order valence-electron chi connectivity index (χ2n) is 6.37. The molecule has 0 saturated carbocycles. The highest BCUT2D eigenvalue weighted by Gasteiger charge is 2.16. The van der Waals surface area contributed by atoms with Crippen LogP contribution < -0.4 is 20.9 Å². The quantitative estimate of drug-likeness (QED) is 0.422. The SMILES string of the molecule is COc1ccc(NC(=O)c2ccc(=O)n(CC(=O)Nc3ccc(F)c([N+](=O)[O-])c3)n2)cc1. The van der Waals surface area contributed by atoms with Gasteiger partial charge in [-0.05, 0) is 42.5 Å². The molecule has 2 aromatic carbocycles. The number of anilines is 2. The van der Waals surface area contributed by atoms with E-state index in [0.717, 1.165) is 28.9 Å². The zero-order chi connectivity index (χ0) is 23.3. The van der Waals surface area contributed by atoms with Gasteiger partial charge in [-0.2, -0.15) is 9.49 Å². The first-order valence-electron chi connectivity index (χ1n) is 9.04. The molecule has 1 heterocycles. The summed E-state index contributed by atoms with van der Waals surface area (Å²) < 4.78 is 19.2. The van der Waals surface area contributed by atoms with Crippen LogP contribution in [0.5, 0.6) is 5.75 Å². The minimum atomic E-state index is -1.05. The van der Waals surface area contributed by atoms with Gasteiger partial charge in [0.2, 0.25) is 11.7 Å². The van der Waals surface area contributed by atoms with Crippen LogP contribution in [0.4, 0.5) is 21.5 Å². The van der Waals surface area contributed by atoms with Gasteiger partial charge in [-0.1, -0.05) is 0 Å². The Bertz CT molecular complexity index is 1240. The van der Waals surface area contributed by atoms with Crippen molar-refractivity contribution in [3.05, 3.63) is 86.6 Å². The van der Waals surface area contributed by atoms with Crippen LogP contribution in [0, 0.1) is 15.9 Å². The molecular weight excluding hydrogens is 425 g/mol.